The van der Waals surface area contributed by atoms with Gasteiger partial charge in [-0.15, -0.1) is 11.6 Å². The van der Waals surface area contributed by atoms with Crippen LogP contribution in [0.1, 0.15) is 53.0 Å². The van der Waals surface area contributed by atoms with Gasteiger partial charge in [-0.1, -0.05) is 18.2 Å². The lowest BCUT2D eigenvalue weighted by Gasteiger charge is -2.35. The predicted octanol–water partition coefficient (Wildman–Crippen LogP) is 3.79. The summed E-state index contributed by atoms with van der Waals surface area (Å²) in [6.45, 7) is 2.55. The first-order valence-corrected chi connectivity index (χ1v) is 10.4. The molecule has 1 atom stereocenters. The minimum Gasteiger partial charge on any atom is -0.334 e. The first-order valence-electron chi connectivity index (χ1n) is 9.91. The predicted molar refractivity (Wildman–Crippen MR) is 107 cm³/mol. The van der Waals surface area contributed by atoms with Crippen molar-refractivity contribution in [3.8, 4) is 0 Å². The summed E-state index contributed by atoms with van der Waals surface area (Å²) in [5.41, 5.74) is 6.43. The Kier molecular flexibility index (Phi) is 5.44. The highest BCUT2D eigenvalue weighted by molar-refractivity contribution is 6.27. The van der Waals surface area contributed by atoms with Crippen LogP contribution in [-0.2, 0) is 37.0 Å². The molecule has 0 radical (unpaired) electrons. The fourth-order valence-electron chi connectivity index (χ4n) is 4.43. The highest BCUT2D eigenvalue weighted by atomic mass is 35.5. The van der Waals surface area contributed by atoms with E-state index in [1.54, 1.807) is 0 Å². The average Bonchev–Trinajstić information content (AvgIpc) is 2.71. The van der Waals surface area contributed by atoms with Gasteiger partial charge in [-0.05, 0) is 74.1 Å². The molecule has 4 rings (SSSR count). The minimum atomic E-state index is 0.0101. The number of amides is 1. The Labute approximate surface area is 166 Å². The van der Waals surface area contributed by atoms with Crippen LogP contribution in [0.4, 0.5) is 0 Å². The van der Waals surface area contributed by atoms with Crippen LogP contribution in [0, 0.1) is 6.92 Å². The smallest absolute Gasteiger partial charge is 0.238 e. The molecular weight excluding hydrogens is 358 g/mol. The van der Waals surface area contributed by atoms with E-state index in [0.29, 0.717) is 6.54 Å². The molecule has 0 saturated heterocycles. The maximum atomic E-state index is 12.6. The zero-order valence-corrected chi connectivity index (χ0v) is 16.6. The molecule has 0 N–H and O–H groups in total. The molecular formula is C22H26ClN3O. The molecule has 2 aliphatic carbocycles. The Morgan fingerprint density at radius 1 is 1.19 bits per heavy atom. The van der Waals surface area contributed by atoms with Gasteiger partial charge in [0.15, 0.2) is 0 Å². The molecule has 0 fully saturated rings. The van der Waals surface area contributed by atoms with E-state index in [1.807, 2.05) is 18.0 Å². The number of hydrogen-bond donors (Lipinski definition) is 0. The van der Waals surface area contributed by atoms with Crippen molar-refractivity contribution in [1.82, 2.24) is 14.9 Å². The van der Waals surface area contributed by atoms with Crippen molar-refractivity contribution in [3.63, 3.8) is 0 Å². The Hall–Kier alpha value is -1.94. The highest BCUT2D eigenvalue weighted by Gasteiger charge is 2.28. The van der Waals surface area contributed by atoms with Gasteiger partial charge in [-0.25, -0.2) is 9.97 Å². The van der Waals surface area contributed by atoms with Crippen LogP contribution in [0.2, 0.25) is 0 Å². The van der Waals surface area contributed by atoms with Gasteiger partial charge in [0.2, 0.25) is 5.91 Å². The summed E-state index contributed by atoms with van der Waals surface area (Å²) in [7, 11) is 0. The van der Waals surface area contributed by atoms with Gasteiger partial charge >= 0.3 is 0 Å². The number of aromatic nitrogens is 2. The van der Waals surface area contributed by atoms with Gasteiger partial charge in [0.05, 0.1) is 0 Å². The van der Waals surface area contributed by atoms with E-state index in [2.05, 4.69) is 28.2 Å². The molecule has 2 aromatic rings. The maximum Gasteiger partial charge on any atom is 0.238 e. The first-order chi connectivity index (χ1) is 13.1. The van der Waals surface area contributed by atoms with Crippen LogP contribution in [0.15, 0.2) is 24.4 Å². The molecule has 0 saturated carbocycles. The maximum absolute atomic E-state index is 12.6. The van der Waals surface area contributed by atoms with Crippen LogP contribution < -0.4 is 0 Å². The van der Waals surface area contributed by atoms with Crippen LogP contribution in [0.3, 0.4) is 0 Å². The number of carbonyl (C=O) groups is 1. The molecule has 27 heavy (non-hydrogen) atoms. The summed E-state index contributed by atoms with van der Waals surface area (Å²) < 4.78 is 0. The molecule has 4 nitrogen and oxygen atoms in total. The van der Waals surface area contributed by atoms with E-state index in [9.17, 15) is 4.79 Å². The zero-order chi connectivity index (χ0) is 18.8. The minimum absolute atomic E-state index is 0.0101. The van der Waals surface area contributed by atoms with E-state index in [4.69, 9.17) is 11.6 Å². The molecule has 1 heterocycles. The fraction of sp³-hybridized carbons (Fsp3) is 0.500. The Morgan fingerprint density at radius 2 is 2.00 bits per heavy atom. The lowest BCUT2D eigenvalue weighted by Crippen LogP contribution is -2.43. The number of aryl methyl sites for hydroxylation is 4. The van der Waals surface area contributed by atoms with Gasteiger partial charge in [0.25, 0.3) is 0 Å². The topological polar surface area (TPSA) is 46.1 Å². The monoisotopic (exact) mass is 383 g/mol. The standard InChI is InChI=1S/C22H26ClN3O/c1-15-24-13-19-11-20(8-9-21(19)25-15)26(22(27)12-23)14-16-6-7-17-4-2-3-5-18(17)10-16/h6-7,10,13,20H,2-5,8-9,11-12,14H2,1H3. The number of benzene rings is 1. The second-order valence-electron chi connectivity index (χ2n) is 7.75. The summed E-state index contributed by atoms with van der Waals surface area (Å²) in [6.07, 6.45) is 9.43. The normalized spacial score (nSPS) is 18.5. The van der Waals surface area contributed by atoms with Crippen LogP contribution >= 0.6 is 11.6 Å². The molecule has 0 aliphatic heterocycles. The molecule has 5 heteroatoms. The van der Waals surface area contributed by atoms with Gasteiger partial charge < -0.3 is 4.90 Å². The molecule has 0 bridgehead atoms. The van der Waals surface area contributed by atoms with Gasteiger partial charge in [0, 0.05) is 24.5 Å². The lowest BCUT2D eigenvalue weighted by molar-refractivity contribution is -0.131. The third-order valence-corrected chi connectivity index (χ3v) is 6.11. The summed E-state index contributed by atoms with van der Waals surface area (Å²) in [4.78, 5) is 23.5. The Morgan fingerprint density at radius 3 is 2.81 bits per heavy atom. The lowest BCUT2D eigenvalue weighted by atomic mass is 9.89. The SMILES string of the molecule is Cc1ncc2c(n1)CCC(N(Cc1ccc3c(c1)CCCC3)C(=O)CCl)C2. The summed E-state index contributed by atoms with van der Waals surface area (Å²) >= 11 is 5.95. The summed E-state index contributed by atoms with van der Waals surface area (Å²) in [5, 5.41) is 0. The molecule has 1 aromatic heterocycles. The molecule has 2 aliphatic rings. The van der Waals surface area contributed by atoms with Crippen molar-refractivity contribution < 1.29 is 4.79 Å². The first kappa shape index (κ1) is 18.4. The van der Waals surface area contributed by atoms with Gasteiger partial charge in [-0.2, -0.15) is 0 Å². The largest absolute Gasteiger partial charge is 0.334 e. The molecule has 0 spiro atoms. The number of rotatable bonds is 4. The summed E-state index contributed by atoms with van der Waals surface area (Å²) in [6, 6.07) is 6.89. The average molecular weight is 384 g/mol. The van der Waals surface area contributed by atoms with E-state index >= 15 is 0 Å². The van der Waals surface area contributed by atoms with E-state index in [-0.39, 0.29) is 17.8 Å². The number of nitrogens with zero attached hydrogens (tertiary/aromatic N) is 3. The van der Waals surface area contributed by atoms with Gasteiger partial charge in [0.1, 0.15) is 11.7 Å². The van der Waals surface area contributed by atoms with Crippen LogP contribution in [0.25, 0.3) is 0 Å². The van der Waals surface area contributed by atoms with Crippen molar-refractivity contribution in [2.24, 2.45) is 0 Å². The van der Waals surface area contributed by atoms with Crippen molar-refractivity contribution in [3.05, 3.63) is 58.2 Å². The number of halogens is 1. The zero-order valence-electron chi connectivity index (χ0n) is 15.9. The second-order valence-corrected chi connectivity index (χ2v) is 8.02. The van der Waals surface area contributed by atoms with Crippen molar-refractivity contribution in [2.75, 3.05) is 5.88 Å². The Balaban J connectivity index is 1.55. The van der Waals surface area contributed by atoms with E-state index in [0.717, 1.165) is 42.8 Å². The van der Waals surface area contributed by atoms with Crippen LogP contribution in [0.5, 0.6) is 0 Å². The quantitative estimate of drug-likeness (QED) is 0.754. The van der Waals surface area contributed by atoms with Crippen molar-refractivity contribution >= 4 is 17.5 Å². The third-order valence-electron chi connectivity index (χ3n) is 5.89. The molecule has 142 valence electrons. The van der Waals surface area contributed by atoms with Crippen molar-refractivity contribution in [2.45, 2.75) is 64.5 Å². The fourth-order valence-corrected chi connectivity index (χ4v) is 4.59. The summed E-state index contributed by atoms with van der Waals surface area (Å²) in [5.74, 6) is 0.851. The number of alkyl halides is 1. The Bertz CT molecular complexity index is 851. The number of fused-ring (bicyclic) bond motifs is 2. The molecule has 1 unspecified atom stereocenters. The van der Waals surface area contributed by atoms with Crippen molar-refractivity contribution in [1.29, 1.82) is 0 Å². The molecule has 1 aromatic carbocycles. The van der Waals surface area contributed by atoms with E-state index < -0.39 is 0 Å². The molecule has 1 amide bonds. The van der Waals surface area contributed by atoms with E-state index in [1.165, 1.54) is 36.0 Å². The number of hydrogen-bond acceptors (Lipinski definition) is 3. The van der Waals surface area contributed by atoms with Crippen LogP contribution in [-0.4, -0.2) is 32.7 Å². The second kappa shape index (κ2) is 7.97. The third kappa shape index (κ3) is 4.01. The van der Waals surface area contributed by atoms with Gasteiger partial charge in [-0.3, -0.25) is 4.79 Å². The highest BCUT2D eigenvalue weighted by Crippen LogP contribution is 2.27. The number of carbonyl (C=O) groups excluding carboxylic acids is 1.